The highest BCUT2D eigenvalue weighted by molar-refractivity contribution is 5.85. The molecule has 208 valence electrons. The van der Waals surface area contributed by atoms with E-state index in [9.17, 15) is 24.0 Å². The summed E-state index contributed by atoms with van der Waals surface area (Å²) in [6.45, 7) is 6.88. The first-order valence-corrected chi connectivity index (χ1v) is 11.9. The Balaban J connectivity index is 2.28. The summed E-state index contributed by atoms with van der Waals surface area (Å²) in [4.78, 5) is 60.3. The van der Waals surface area contributed by atoms with Crippen LogP contribution in [-0.2, 0) is 47.7 Å². The van der Waals surface area contributed by atoms with Crippen molar-refractivity contribution in [3.8, 4) is 0 Å². The number of ether oxygens (including phenoxy) is 5. The number of pyridine rings is 1. The fraction of sp³-hybridized carbons (Fsp3) is 0.423. The van der Waals surface area contributed by atoms with E-state index in [2.05, 4.69) is 10.2 Å². The van der Waals surface area contributed by atoms with Crippen LogP contribution in [0.4, 0.5) is 0 Å². The second-order valence-corrected chi connectivity index (χ2v) is 8.72. The maximum atomic E-state index is 12.3. The van der Waals surface area contributed by atoms with Gasteiger partial charge in [0.1, 0.15) is 6.61 Å². The van der Waals surface area contributed by atoms with E-state index in [4.69, 9.17) is 23.7 Å². The molecule has 0 fully saturated rings. The molecule has 3 rings (SSSR count). The monoisotopic (exact) mass is 543 g/mol. The van der Waals surface area contributed by atoms with Crippen molar-refractivity contribution in [1.29, 1.82) is 0 Å². The second-order valence-electron chi connectivity index (χ2n) is 8.72. The summed E-state index contributed by atoms with van der Waals surface area (Å²) in [5, 5.41) is 9.29. The van der Waals surface area contributed by atoms with Gasteiger partial charge in [-0.05, 0) is 24.6 Å². The molecule has 0 spiro atoms. The molecule has 39 heavy (non-hydrogen) atoms. The summed E-state index contributed by atoms with van der Waals surface area (Å²) in [5.74, 6) is -3.93. The zero-order chi connectivity index (χ0) is 28.9. The molecule has 13 heteroatoms. The number of fused-ring (bicyclic) bond motifs is 3. The van der Waals surface area contributed by atoms with Crippen molar-refractivity contribution in [2.24, 2.45) is 0 Å². The normalized spacial score (nSPS) is 14.1. The molecular formula is C26H29N3O10. The predicted octanol–water partition coefficient (Wildman–Crippen LogP) is 2.15. The number of carbonyl (C=O) groups is 5. The van der Waals surface area contributed by atoms with Gasteiger partial charge in [-0.15, -0.1) is 10.2 Å². The lowest BCUT2D eigenvalue weighted by Gasteiger charge is -2.34. The molecule has 4 atom stereocenters. The van der Waals surface area contributed by atoms with Crippen LogP contribution in [0.1, 0.15) is 52.1 Å². The Labute approximate surface area is 223 Å². The first kappa shape index (κ1) is 29.0. The average molecular weight is 544 g/mol. The van der Waals surface area contributed by atoms with Crippen molar-refractivity contribution in [2.75, 3.05) is 6.61 Å². The van der Waals surface area contributed by atoms with Crippen molar-refractivity contribution in [3.63, 3.8) is 0 Å². The molecule has 0 aliphatic carbocycles. The third-order valence-corrected chi connectivity index (χ3v) is 5.54. The first-order valence-electron chi connectivity index (χ1n) is 11.9. The van der Waals surface area contributed by atoms with Crippen LogP contribution in [0.5, 0.6) is 0 Å². The number of para-hydroxylation sites is 1. The van der Waals surface area contributed by atoms with Crippen LogP contribution in [0.25, 0.3) is 16.6 Å². The number of hydrogen-bond acceptors (Lipinski definition) is 12. The van der Waals surface area contributed by atoms with Gasteiger partial charge in [0, 0.05) is 40.0 Å². The third kappa shape index (κ3) is 7.06. The Morgan fingerprint density at radius 1 is 0.769 bits per heavy atom. The van der Waals surface area contributed by atoms with Crippen molar-refractivity contribution in [1.82, 2.24) is 14.6 Å². The summed E-state index contributed by atoms with van der Waals surface area (Å²) in [7, 11) is 0. The minimum Gasteiger partial charge on any atom is -0.462 e. The molecule has 2 heterocycles. The Morgan fingerprint density at radius 3 is 1.95 bits per heavy atom. The number of esters is 5. The van der Waals surface area contributed by atoms with Gasteiger partial charge in [-0.2, -0.15) is 0 Å². The molecule has 0 saturated heterocycles. The van der Waals surface area contributed by atoms with Gasteiger partial charge in [-0.1, -0.05) is 18.2 Å². The first-order chi connectivity index (χ1) is 18.4. The topological polar surface area (TPSA) is 162 Å². The highest BCUT2D eigenvalue weighted by Gasteiger charge is 2.46. The van der Waals surface area contributed by atoms with Crippen molar-refractivity contribution in [2.45, 2.75) is 66.0 Å². The zero-order valence-corrected chi connectivity index (χ0v) is 22.3. The van der Waals surface area contributed by atoms with Gasteiger partial charge >= 0.3 is 29.8 Å². The molecule has 0 saturated carbocycles. The van der Waals surface area contributed by atoms with Crippen LogP contribution in [0.3, 0.4) is 0 Å². The molecule has 0 aliphatic rings. The maximum Gasteiger partial charge on any atom is 0.303 e. The fourth-order valence-electron chi connectivity index (χ4n) is 4.20. The van der Waals surface area contributed by atoms with Gasteiger partial charge in [-0.3, -0.25) is 28.4 Å². The van der Waals surface area contributed by atoms with Crippen molar-refractivity contribution >= 4 is 46.4 Å². The minimum absolute atomic E-state index is 0.0360. The Morgan fingerprint density at radius 2 is 1.36 bits per heavy atom. The average Bonchev–Trinajstić information content (AvgIpc) is 3.25. The Bertz CT molecular complexity index is 1420. The summed E-state index contributed by atoms with van der Waals surface area (Å²) in [6, 6.07) is 9.12. The molecule has 0 bridgehead atoms. The van der Waals surface area contributed by atoms with E-state index in [0.717, 1.165) is 45.6 Å². The van der Waals surface area contributed by atoms with Crippen molar-refractivity contribution < 1.29 is 47.7 Å². The van der Waals surface area contributed by atoms with E-state index < -0.39 is 60.9 Å². The summed E-state index contributed by atoms with van der Waals surface area (Å²) in [5.41, 5.74) is 1.97. The number of rotatable bonds is 10. The number of aryl methyl sites for hydroxylation is 1. The fourth-order valence-corrected chi connectivity index (χ4v) is 4.20. The molecule has 1 aromatic carbocycles. The molecule has 2 aromatic heterocycles. The van der Waals surface area contributed by atoms with Gasteiger partial charge in [0.05, 0.1) is 5.52 Å². The summed E-state index contributed by atoms with van der Waals surface area (Å²) >= 11 is 0. The van der Waals surface area contributed by atoms with Crippen molar-refractivity contribution in [3.05, 3.63) is 41.7 Å². The predicted molar refractivity (Wildman–Crippen MR) is 133 cm³/mol. The van der Waals surface area contributed by atoms with Crippen LogP contribution in [-0.4, -0.2) is 69.4 Å². The number of nitrogens with zero attached hydrogens (tertiary/aromatic N) is 3. The van der Waals surface area contributed by atoms with Crippen LogP contribution in [0.15, 0.2) is 30.3 Å². The molecule has 4 unspecified atom stereocenters. The van der Waals surface area contributed by atoms with Crippen LogP contribution in [0.2, 0.25) is 0 Å². The van der Waals surface area contributed by atoms with Gasteiger partial charge < -0.3 is 23.7 Å². The maximum absolute atomic E-state index is 12.3. The van der Waals surface area contributed by atoms with Crippen LogP contribution >= 0.6 is 0 Å². The molecule has 0 amide bonds. The van der Waals surface area contributed by atoms with E-state index in [1.54, 1.807) is 22.6 Å². The summed E-state index contributed by atoms with van der Waals surface area (Å²) < 4.78 is 28.6. The SMILES string of the molecule is CC(=O)OCC(OC(C)=O)C(OC(C)=O)C(OC(C)=O)C(OC(C)=O)c1nnc2cc(C)c3ccccc3n12. The number of aromatic nitrogens is 3. The third-order valence-electron chi connectivity index (χ3n) is 5.54. The van der Waals surface area contributed by atoms with Gasteiger partial charge in [0.2, 0.25) is 6.10 Å². The number of carbonyl (C=O) groups excluding carboxylic acids is 5. The van der Waals surface area contributed by atoms with Gasteiger partial charge in [-0.25, -0.2) is 0 Å². The molecule has 13 nitrogen and oxygen atoms in total. The van der Waals surface area contributed by atoms with E-state index in [1.165, 1.54) is 0 Å². The smallest absolute Gasteiger partial charge is 0.303 e. The van der Waals surface area contributed by atoms with Crippen LogP contribution in [0, 0.1) is 6.92 Å². The molecule has 0 N–H and O–H groups in total. The molecule has 0 aliphatic heterocycles. The molecule has 3 aromatic rings. The molecule has 0 radical (unpaired) electrons. The van der Waals surface area contributed by atoms with E-state index in [0.29, 0.717) is 11.2 Å². The quantitative estimate of drug-likeness (QED) is 0.271. The standard InChI is InChI=1S/C26H29N3O10/c1-13-11-22-27-28-26(29(22)20-10-8-7-9-19(13)20)25(39-18(6)34)24(38-17(5)33)23(37-16(4)32)21(36-15(3)31)12-35-14(2)30/h7-11,21,23-25H,12H2,1-6H3. The minimum atomic E-state index is -1.61. The van der Waals surface area contributed by atoms with Crippen LogP contribution < -0.4 is 0 Å². The lowest BCUT2D eigenvalue weighted by molar-refractivity contribution is -0.204. The lowest BCUT2D eigenvalue weighted by atomic mass is 10.0. The number of benzene rings is 1. The second kappa shape index (κ2) is 12.3. The number of hydrogen-bond donors (Lipinski definition) is 0. The van der Waals surface area contributed by atoms with E-state index in [1.807, 2.05) is 19.1 Å². The van der Waals surface area contributed by atoms with E-state index in [-0.39, 0.29) is 5.82 Å². The largest absolute Gasteiger partial charge is 0.462 e. The lowest BCUT2D eigenvalue weighted by Crippen LogP contribution is -2.50. The highest BCUT2D eigenvalue weighted by atomic mass is 16.6. The Hall–Kier alpha value is -4.55. The van der Waals surface area contributed by atoms with Gasteiger partial charge in [0.25, 0.3) is 0 Å². The highest BCUT2D eigenvalue weighted by Crippen LogP contribution is 2.32. The van der Waals surface area contributed by atoms with Gasteiger partial charge in [0.15, 0.2) is 29.8 Å². The van der Waals surface area contributed by atoms with E-state index >= 15 is 0 Å². The molecular weight excluding hydrogens is 514 g/mol. The summed E-state index contributed by atoms with van der Waals surface area (Å²) in [6.07, 6.45) is -6.16. The zero-order valence-electron chi connectivity index (χ0n) is 22.3. The Kier molecular flexibility index (Phi) is 9.17.